The molecule has 164 valence electrons. The van der Waals surface area contributed by atoms with Crippen molar-refractivity contribution in [3.63, 3.8) is 0 Å². The van der Waals surface area contributed by atoms with E-state index in [1.807, 2.05) is 6.92 Å². The fourth-order valence-electron chi connectivity index (χ4n) is 2.00. The number of carbonyl (C=O) groups is 3. The van der Waals surface area contributed by atoms with Crippen molar-refractivity contribution in [1.29, 1.82) is 0 Å². The Balaban J connectivity index is 4.37. The molecule has 0 fully saturated rings. The summed E-state index contributed by atoms with van der Waals surface area (Å²) in [6, 6.07) is 0. The Morgan fingerprint density at radius 2 is 1.18 bits per heavy atom. The molecule has 2 atom stereocenters. The maximum Gasteiger partial charge on any atom is 0.183 e. The molecule has 0 N–H and O–H groups in total. The van der Waals surface area contributed by atoms with Crippen LogP contribution < -0.4 is 0 Å². The van der Waals surface area contributed by atoms with Crippen molar-refractivity contribution in [2.75, 3.05) is 67.1 Å². The van der Waals surface area contributed by atoms with E-state index in [0.717, 1.165) is 0 Å². The zero-order valence-corrected chi connectivity index (χ0v) is 17.4. The highest BCUT2D eigenvalue weighted by Crippen LogP contribution is 2.04. The van der Waals surface area contributed by atoms with Crippen molar-refractivity contribution in [3.8, 4) is 0 Å². The van der Waals surface area contributed by atoms with Crippen LogP contribution in [0.4, 0.5) is 0 Å². The molecule has 0 saturated heterocycles. The van der Waals surface area contributed by atoms with E-state index in [-0.39, 0.29) is 76.3 Å². The first-order valence-electron chi connectivity index (χ1n) is 9.38. The summed E-state index contributed by atoms with van der Waals surface area (Å²) in [6.07, 6.45) is 0.307. The molecule has 0 bridgehead atoms. The standard InChI is InChI=1S/C19H34O9/c1-5-15(20)11-27-19(13-26-10-17(22)8-24-4)14-28-18(6-2)12-25-9-16(21)7-23-3/h18-19H,5-14H2,1-4H3. The van der Waals surface area contributed by atoms with Crippen LogP contribution in [0.1, 0.15) is 26.7 Å². The average molecular weight is 406 g/mol. The van der Waals surface area contributed by atoms with E-state index in [2.05, 4.69) is 0 Å². The van der Waals surface area contributed by atoms with E-state index in [1.165, 1.54) is 14.2 Å². The van der Waals surface area contributed by atoms with E-state index < -0.39 is 6.10 Å². The van der Waals surface area contributed by atoms with Crippen LogP contribution >= 0.6 is 0 Å². The number of ketones is 3. The summed E-state index contributed by atoms with van der Waals surface area (Å²) in [7, 11) is 2.88. The van der Waals surface area contributed by atoms with Gasteiger partial charge in [0.1, 0.15) is 39.1 Å². The topological polar surface area (TPSA) is 107 Å². The third-order valence-corrected chi connectivity index (χ3v) is 3.59. The second kappa shape index (κ2) is 17.8. The SMILES string of the molecule is CCC(=O)COC(COCC(=O)COC)COC(CC)COCC(=O)COC. The summed E-state index contributed by atoms with van der Waals surface area (Å²) in [5, 5.41) is 0. The van der Waals surface area contributed by atoms with E-state index in [0.29, 0.717) is 12.8 Å². The average Bonchev–Trinajstić information content (AvgIpc) is 2.67. The lowest BCUT2D eigenvalue weighted by Gasteiger charge is -2.22. The van der Waals surface area contributed by atoms with Crippen molar-refractivity contribution in [2.45, 2.75) is 38.9 Å². The number of hydrogen-bond acceptors (Lipinski definition) is 9. The molecular formula is C19H34O9. The van der Waals surface area contributed by atoms with E-state index in [9.17, 15) is 14.4 Å². The molecule has 0 aromatic heterocycles. The molecule has 0 aliphatic heterocycles. The number of methoxy groups -OCH3 is 2. The molecule has 0 aliphatic rings. The molecule has 2 unspecified atom stereocenters. The van der Waals surface area contributed by atoms with Gasteiger partial charge >= 0.3 is 0 Å². The lowest BCUT2D eigenvalue weighted by Crippen LogP contribution is -2.33. The van der Waals surface area contributed by atoms with Crippen LogP contribution in [0.3, 0.4) is 0 Å². The van der Waals surface area contributed by atoms with Crippen LogP contribution in [0.15, 0.2) is 0 Å². The van der Waals surface area contributed by atoms with Crippen molar-refractivity contribution >= 4 is 17.3 Å². The maximum atomic E-state index is 11.5. The second-order valence-corrected chi connectivity index (χ2v) is 6.16. The number of Topliss-reactive ketones (excluding diaryl/α,β-unsaturated/α-hetero) is 3. The van der Waals surface area contributed by atoms with E-state index in [1.54, 1.807) is 6.92 Å². The minimum atomic E-state index is -0.505. The Kier molecular flexibility index (Phi) is 17.1. The second-order valence-electron chi connectivity index (χ2n) is 6.16. The number of ether oxygens (including phenoxy) is 6. The first kappa shape index (κ1) is 26.8. The number of carbonyl (C=O) groups excluding carboxylic acids is 3. The highest BCUT2D eigenvalue weighted by molar-refractivity contribution is 5.81. The van der Waals surface area contributed by atoms with Gasteiger partial charge in [0.15, 0.2) is 17.3 Å². The van der Waals surface area contributed by atoms with E-state index >= 15 is 0 Å². The Morgan fingerprint density at radius 3 is 1.64 bits per heavy atom. The predicted octanol–water partition coefficient (Wildman–Crippen LogP) is 0.610. The highest BCUT2D eigenvalue weighted by Gasteiger charge is 2.17. The van der Waals surface area contributed by atoms with Gasteiger partial charge < -0.3 is 28.4 Å². The predicted molar refractivity (Wildman–Crippen MR) is 100 cm³/mol. The molecule has 0 spiro atoms. The molecule has 28 heavy (non-hydrogen) atoms. The summed E-state index contributed by atoms with van der Waals surface area (Å²) < 4.78 is 31.5. The van der Waals surface area contributed by atoms with Crippen LogP contribution in [0.25, 0.3) is 0 Å². The summed E-state index contributed by atoms with van der Waals surface area (Å²) in [6.45, 7) is 4.03. The van der Waals surface area contributed by atoms with Gasteiger partial charge in [0.05, 0.1) is 25.9 Å². The van der Waals surface area contributed by atoms with Gasteiger partial charge in [-0.05, 0) is 6.42 Å². The van der Waals surface area contributed by atoms with Gasteiger partial charge in [-0.25, -0.2) is 0 Å². The maximum absolute atomic E-state index is 11.5. The molecule has 0 heterocycles. The van der Waals surface area contributed by atoms with Crippen LogP contribution in [0.2, 0.25) is 0 Å². The lowest BCUT2D eigenvalue weighted by atomic mass is 10.3. The molecule has 9 heteroatoms. The van der Waals surface area contributed by atoms with Crippen LogP contribution in [0, 0.1) is 0 Å². The first-order chi connectivity index (χ1) is 13.5. The third-order valence-electron chi connectivity index (χ3n) is 3.59. The molecule has 0 amide bonds. The molecular weight excluding hydrogens is 372 g/mol. The minimum Gasteiger partial charge on any atom is -0.377 e. The number of rotatable bonds is 20. The Labute approximate surface area is 166 Å². The molecule has 0 rings (SSSR count). The quantitative estimate of drug-likeness (QED) is 0.287. The molecule has 0 aromatic carbocycles. The summed E-state index contributed by atoms with van der Waals surface area (Å²) in [4.78, 5) is 34.3. The minimum absolute atomic E-state index is 0.0121. The Bertz CT molecular complexity index is 439. The monoisotopic (exact) mass is 406 g/mol. The largest absolute Gasteiger partial charge is 0.377 e. The van der Waals surface area contributed by atoms with Gasteiger partial charge in [-0.15, -0.1) is 0 Å². The summed E-state index contributed by atoms with van der Waals surface area (Å²) >= 11 is 0. The van der Waals surface area contributed by atoms with Gasteiger partial charge in [-0.2, -0.15) is 0 Å². The van der Waals surface area contributed by atoms with Crippen molar-refractivity contribution in [2.24, 2.45) is 0 Å². The van der Waals surface area contributed by atoms with Crippen molar-refractivity contribution in [1.82, 2.24) is 0 Å². The zero-order valence-electron chi connectivity index (χ0n) is 17.4. The Hall–Kier alpha value is -1.23. The summed E-state index contributed by atoms with van der Waals surface area (Å²) in [5.74, 6) is -0.370. The van der Waals surface area contributed by atoms with Crippen LogP contribution in [0.5, 0.6) is 0 Å². The van der Waals surface area contributed by atoms with Gasteiger partial charge in [0, 0.05) is 20.6 Å². The number of hydrogen-bond donors (Lipinski definition) is 0. The van der Waals surface area contributed by atoms with Crippen molar-refractivity contribution in [3.05, 3.63) is 0 Å². The lowest BCUT2D eigenvalue weighted by molar-refractivity contribution is -0.138. The third kappa shape index (κ3) is 14.8. The zero-order chi connectivity index (χ0) is 21.2. The summed E-state index contributed by atoms with van der Waals surface area (Å²) in [5.41, 5.74) is 0. The molecule has 0 aliphatic carbocycles. The fourth-order valence-corrected chi connectivity index (χ4v) is 2.00. The molecule has 0 saturated carbocycles. The molecule has 9 nitrogen and oxygen atoms in total. The smallest absolute Gasteiger partial charge is 0.183 e. The Morgan fingerprint density at radius 1 is 0.643 bits per heavy atom. The van der Waals surface area contributed by atoms with Gasteiger partial charge in [-0.3, -0.25) is 14.4 Å². The normalized spacial score (nSPS) is 13.3. The van der Waals surface area contributed by atoms with Crippen LogP contribution in [-0.4, -0.2) is 96.6 Å². The fraction of sp³-hybridized carbons (Fsp3) is 0.842. The van der Waals surface area contributed by atoms with E-state index in [4.69, 9.17) is 28.4 Å². The highest BCUT2D eigenvalue weighted by atomic mass is 16.6. The molecule has 0 aromatic rings. The van der Waals surface area contributed by atoms with Crippen LogP contribution in [-0.2, 0) is 42.8 Å². The van der Waals surface area contributed by atoms with Crippen molar-refractivity contribution < 1.29 is 42.8 Å². The van der Waals surface area contributed by atoms with Gasteiger partial charge in [-0.1, -0.05) is 13.8 Å². The van der Waals surface area contributed by atoms with Gasteiger partial charge in [0.25, 0.3) is 0 Å². The van der Waals surface area contributed by atoms with Gasteiger partial charge in [0.2, 0.25) is 0 Å². The molecule has 0 radical (unpaired) electrons. The first-order valence-corrected chi connectivity index (χ1v) is 9.38.